The molecular weight excluding hydrogens is 271 g/mol. The third kappa shape index (κ3) is 3.37. The van der Waals surface area contributed by atoms with E-state index in [-0.39, 0.29) is 5.91 Å². The normalized spacial score (nSPS) is 20.1. The molecule has 0 radical (unpaired) electrons. The summed E-state index contributed by atoms with van der Waals surface area (Å²) >= 11 is 11.7. The van der Waals surface area contributed by atoms with Crippen molar-refractivity contribution >= 4 is 34.8 Å². The highest BCUT2D eigenvalue weighted by Crippen LogP contribution is 2.25. The molecule has 0 aromatic heterocycles. The molecule has 0 aliphatic carbocycles. The van der Waals surface area contributed by atoms with E-state index in [9.17, 15) is 4.79 Å². The van der Waals surface area contributed by atoms with Gasteiger partial charge in [-0.2, -0.15) is 0 Å². The second-order valence-electron chi connectivity index (χ2n) is 4.66. The zero-order valence-electron chi connectivity index (χ0n) is 10.2. The zero-order valence-corrected chi connectivity index (χ0v) is 11.8. The quantitative estimate of drug-likeness (QED) is 0.924. The third-order valence-corrected chi connectivity index (χ3v) is 4.03. The Hall–Kier alpha value is -0.770. The third-order valence-electron chi connectivity index (χ3n) is 3.30. The number of hydrogen-bond acceptors (Lipinski definition) is 2. The van der Waals surface area contributed by atoms with Gasteiger partial charge in [0.05, 0.1) is 10.0 Å². The number of carbonyl (C=O) groups excluding carboxylic acids is 1. The Morgan fingerprint density at radius 1 is 1.44 bits per heavy atom. The SMILES string of the molecule is CN1CCCC1CC(=O)Nc1ccc(Cl)c(Cl)c1. The molecule has 1 saturated heterocycles. The maximum Gasteiger partial charge on any atom is 0.225 e. The van der Waals surface area contributed by atoms with Crippen LogP contribution in [-0.2, 0) is 4.79 Å². The number of carbonyl (C=O) groups is 1. The molecular formula is C13H16Cl2N2O. The Morgan fingerprint density at radius 3 is 2.83 bits per heavy atom. The van der Waals surface area contributed by atoms with E-state index >= 15 is 0 Å². The number of nitrogens with one attached hydrogen (secondary N) is 1. The second kappa shape index (κ2) is 5.91. The molecule has 1 amide bonds. The Balaban J connectivity index is 1.92. The molecule has 1 N–H and O–H groups in total. The van der Waals surface area contributed by atoms with Gasteiger partial charge in [-0.05, 0) is 44.6 Å². The maximum atomic E-state index is 11.9. The number of likely N-dealkylation sites (tertiary alicyclic amines) is 1. The lowest BCUT2D eigenvalue weighted by Crippen LogP contribution is -2.29. The lowest BCUT2D eigenvalue weighted by molar-refractivity contribution is -0.117. The second-order valence-corrected chi connectivity index (χ2v) is 5.47. The van der Waals surface area contributed by atoms with Gasteiger partial charge in [0, 0.05) is 18.2 Å². The van der Waals surface area contributed by atoms with Gasteiger partial charge in [0.1, 0.15) is 0 Å². The van der Waals surface area contributed by atoms with Crippen molar-refractivity contribution in [1.29, 1.82) is 0 Å². The topological polar surface area (TPSA) is 32.3 Å². The van der Waals surface area contributed by atoms with E-state index in [1.54, 1.807) is 18.2 Å². The fourth-order valence-electron chi connectivity index (χ4n) is 2.24. The van der Waals surface area contributed by atoms with Crippen LogP contribution in [0.5, 0.6) is 0 Å². The van der Waals surface area contributed by atoms with Crippen molar-refractivity contribution in [2.24, 2.45) is 0 Å². The molecule has 18 heavy (non-hydrogen) atoms. The van der Waals surface area contributed by atoms with Crippen LogP contribution < -0.4 is 5.32 Å². The predicted octanol–water partition coefficient (Wildman–Crippen LogP) is 3.42. The number of hydrogen-bond donors (Lipinski definition) is 1. The van der Waals surface area contributed by atoms with E-state index in [1.807, 2.05) is 0 Å². The molecule has 0 spiro atoms. The van der Waals surface area contributed by atoms with Gasteiger partial charge in [-0.15, -0.1) is 0 Å². The van der Waals surface area contributed by atoms with E-state index in [0.717, 1.165) is 13.0 Å². The fourth-order valence-corrected chi connectivity index (χ4v) is 2.54. The minimum atomic E-state index is 0.0205. The summed E-state index contributed by atoms with van der Waals surface area (Å²) in [6.45, 7) is 1.07. The molecule has 3 nitrogen and oxygen atoms in total. The number of amides is 1. The van der Waals surface area contributed by atoms with Crippen LogP contribution in [0.3, 0.4) is 0 Å². The first-order chi connectivity index (χ1) is 8.56. The van der Waals surface area contributed by atoms with Crippen LogP contribution in [0, 0.1) is 0 Å². The van der Waals surface area contributed by atoms with Crippen LogP contribution in [0.15, 0.2) is 18.2 Å². The van der Waals surface area contributed by atoms with Crippen molar-refractivity contribution < 1.29 is 4.79 Å². The van der Waals surface area contributed by atoms with Crippen LogP contribution in [-0.4, -0.2) is 30.4 Å². The van der Waals surface area contributed by atoms with Crippen molar-refractivity contribution in [2.75, 3.05) is 18.9 Å². The summed E-state index contributed by atoms with van der Waals surface area (Å²) in [5.74, 6) is 0.0205. The first-order valence-corrected chi connectivity index (χ1v) is 6.77. The first kappa shape index (κ1) is 13.7. The van der Waals surface area contributed by atoms with Crippen LogP contribution in [0.4, 0.5) is 5.69 Å². The summed E-state index contributed by atoms with van der Waals surface area (Å²) in [5.41, 5.74) is 0.690. The van der Waals surface area contributed by atoms with Gasteiger partial charge in [-0.1, -0.05) is 23.2 Å². The van der Waals surface area contributed by atoms with Gasteiger partial charge < -0.3 is 10.2 Å². The summed E-state index contributed by atoms with van der Waals surface area (Å²) in [6, 6.07) is 5.46. The van der Waals surface area contributed by atoms with E-state index in [4.69, 9.17) is 23.2 Å². The van der Waals surface area contributed by atoms with Crippen LogP contribution >= 0.6 is 23.2 Å². The Bertz CT molecular complexity index is 451. The highest BCUT2D eigenvalue weighted by Gasteiger charge is 2.23. The average Bonchev–Trinajstić information content (AvgIpc) is 2.70. The van der Waals surface area contributed by atoms with Gasteiger partial charge in [-0.3, -0.25) is 4.79 Å². The van der Waals surface area contributed by atoms with Crippen molar-refractivity contribution in [3.05, 3.63) is 28.2 Å². The van der Waals surface area contributed by atoms with E-state index in [2.05, 4.69) is 17.3 Å². The lowest BCUT2D eigenvalue weighted by Gasteiger charge is -2.18. The molecule has 2 rings (SSSR count). The number of benzene rings is 1. The molecule has 1 unspecified atom stereocenters. The van der Waals surface area contributed by atoms with Gasteiger partial charge in [-0.25, -0.2) is 0 Å². The summed E-state index contributed by atoms with van der Waals surface area (Å²) < 4.78 is 0. The zero-order chi connectivity index (χ0) is 13.1. The molecule has 1 aliphatic rings. The molecule has 0 saturated carbocycles. The average molecular weight is 287 g/mol. The number of anilines is 1. The predicted molar refractivity (Wildman–Crippen MR) is 75.4 cm³/mol. The maximum absolute atomic E-state index is 11.9. The minimum Gasteiger partial charge on any atom is -0.326 e. The Labute approximate surface area is 117 Å². The summed E-state index contributed by atoms with van der Waals surface area (Å²) in [7, 11) is 2.06. The first-order valence-electron chi connectivity index (χ1n) is 6.01. The largest absolute Gasteiger partial charge is 0.326 e. The van der Waals surface area contributed by atoms with Crippen molar-refractivity contribution in [1.82, 2.24) is 4.90 Å². The van der Waals surface area contributed by atoms with Crippen LogP contribution in [0.25, 0.3) is 0 Å². The molecule has 98 valence electrons. The molecule has 1 aromatic rings. The number of nitrogens with zero attached hydrogens (tertiary/aromatic N) is 1. The van der Waals surface area contributed by atoms with Crippen molar-refractivity contribution in [2.45, 2.75) is 25.3 Å². The van der Waals surface area contributed by atoms with Gasteiger partial charge >= 0.3 is 0 Å². The fraction of sp³-hybridized carbons (Fsp3) is 0.462. The van der Waals surface area contributed by atoms with Crippen LogP contribution in [0.2, 0.25) is 10.0 Å². The monoisotopic (exact) mass is 286 g/mol. The van der Waals surface area contributed by atoms with Crippen molar-refractivity contribution in [3.8, 4) is 0 Å². The van der Waals surface area contributed by atoms with Crippen LogP contribution in [0.1, 0.15) is 19.3 Å². The van der Waals surface area contributed by atoms with Gasteiger partial charge in [0.25, 0.3) is 0 Å². The molecule has 0 bridgehead atoms. The summed E-state index contributed by atoms with van der Waals surface area (Å²) in [4.78, 5) is 14.1. The molecule has 1 heterocycles. The van der Waals surface area contributed by atoms with Crippen molar-refractivity contribution in [3.63, 3.8) is 0 Å². The van der Waals surface area contributed by atoms with E-state index in [0.29, 0.717) is 28.2 Å². The molecule has 1 atom stereocenters. The molecule has 1 aromatic carbocycles. The Morgan fingerprint density at radius 2 is 2.22 bits per heavy atom. The molecule has 5 heteroatoms. The highest BCUT2D eigenvalue weighted by atomic mass is 35.5. The number of halogens is 2. The van der Waals surface area contributed by atoms with Gasteiger partial charge in [0.2, 0.25) is 5.91 Å². The standard InChI is InChI=1S/C13H16Cl2N2O/c1-17-6-2-3-10(17)8-13(18)16-9-4-5-11(14)12(15)7-9/h4-5,7,10H,2-3,6,8H2,1H3,(H,16,18). The minimum absolute atomic E-state index is 0.0205. The smallest absolute Gasteiger partial charge is 0.225 e. The lowest BCUT2D eigenvalue weighted by atomic mass is 10.1. The highest BCUT2D eigenvalue weighted by molar-refractivity contribution is 6.42. The Kier molecular flexibility index (Phi) is 4.49. The van der Waals surface area contributed by atoms with Gasteiger partial charge in [0.15, 0.2) is 0 Å². The molecule has 1 fully saturated rings. The number of rotatable bonds is 3. The molecule has 1 aliphatic heterocycles. The van der Waals surface area contributed by atoms with E-state index in [1.165, 1.54) is 6.42 Å². The van der Waals surface area contributed by atoms with E-state index < -0.39 is 0 Å². The summed E-state index contributed by atoms with van der Waals surface area (Å²) in [5, 5.41) is 3.79. The summed E-state index contributed by atoms with van der Waals surface area (Å²) in [6.07, 6.45) is 2.78.